The Bertz CT molecular complexity index is 690. The summed E-state index contributed by atoms with van der Waals surface area (Å²) in [6, 6.07) is 3.30. The summed E-state index contributed by atoms with van der Waals surface area (Å²) in [5, 5.41) is 6.64. The van der Waals surface area contributed by atoms with Gasteiger partial charge in [-0.3, -0.25) is 9.59 Å². The van der Waals surface area contributed by atoms with E-state index in [0.29, 0.717) is 22.2 Å². The molecule has 0 radical (unpaired) electrons. The fourth-order valence-corrected chi connectivity index (χ4v) is 2.60. The highest BCUT2D eigenvalue weighted by atomic mass is 32.1. The van der Waals surface area contributed by atoms with Crippen molar-refractivity contribution in [2.75, 3.05) is 10.6 Å². The Hall–Kier alpha value is -2.15. The van der Waals surface area contributed by atoms with Gasteiger partial charge in [0.25, 0.3) is 11.5 Å². The van der Waals surface area contributed by atoms with Crippen molar-refractivity contribution in [1.82, 2.24) is 9.55 Å². The number of hydrogen-bond donors (Lipinski definition) is 2. The van der Waals surface area contributed by atoms with Crippen LogP contribution in [0.5, 0.6) is 0 Å². The van der Waals surface area contributed by atoms with Gasteiger partial charge in [-0.15, -0.1) is 0 Å². The van der Waals surface area contributed by atoms with Gasteiger partial charge in [0.1, 0.15) is 4.88 Å². The zero-order valence-corrected chi connectivity index (χ0v) is 13.0. The van der Waals surface area contributed by atoms with Gasteiger partial charge in [0.2, 0.25) is 0 Å². The molecule has 2 rings (SSSR count). The number of aryl methyl sites for hydroxylation is 1. The number of anilines is 2. The second-order valence-corrected chi connectivity index (χ2v) is 5.86. The van der Waals surface area contributed by atoms with Gasteiger partial charge < -0.3 is 15.2 Å². The molecule has 112 valence electrons. The number of thiazole rings is 1. The lowest BCUT2D eigenvalue weighted by Gasteiger charge is -2.07. The van der Waals surface area contributed by atoms with Gasteiger partial charge in [0.15, 0.2) is 5.13 Å². The number of hydrogen-bond acceptors (Lipinski definition) is 5. The van der Waals surface area contributed by atoms with E-state index in [0.717, 1.165) is 0 Å². The van der Waals surface area contributed by atoms with E-state index in [1.165, 1.54) is 22.0 Å². The molecule has 1 amide bonds. The van der Waals surface area contributed by atoms with Crippen LogP contribution >= 0.6 is 11.3 Å². The predicted molar refractivity (Wildman–Crippen MR) is 85.2 cm³/mol. The van der Waals surface area contributed by atoms with E-state index in [1.54, 1.807) is 18.5 Å². The summed E-state index contributed by atoms with van der Waals surface area (Å²) in [6.07, 6.45) is 3.18. The molecule has 2 aromatic rings. The average molecular weight is 306 g/mol. The van der Waals surface area contributed by atoms with E-state index in [9.17, 15) is 9.59 Å². The molecule has 0 fully saturated rings. The molecular formula is C14H18N4O2S. The number of amides is 1. The largest absolute Gasteiger partial charge is 0.359 e. The van der Waals surface area contributed by atoms with E-state index in [2.05, 4.69) is 15.6 Å². The SMILES string of the molecule is CCn1cc(NC(=O)c2cnc(NC(C)C)s2)ccc1=O. The van der Waals surface area contributed by atoms with Crippen molar-refractivity contribution in [3.8, 4) is 0 Å². The van der Waals surface area contributed by atoms with Gasteiger partial charge in [-0.1, -0.05) is 11.3 Å². The molecule has 0 aliphatic rings. The van der Waals surface area contributed by atoms with Crippen LogP contribution in [0.4, 0.5) is 10.8 Å². The number of nitrogens with zero attached hydrogens (tertiary/aromatic N) is 2. The second-order valence-electron chi connectivity index (χ2n) is 4.82. The second kappa shape index (κ2) is 6.53. The minimum atomic E-state index is -0.231. The van der Waals surface area contributed by atoms with Gasteiger partial charge >= 0.3 is 0 Å². The standard InChI is InChI=1S/C14H18N4O2S/c1-4-18-8-10(5-6-12(18)19)17-13(20)11-7-15-14(21-11)16-9(2)3/h5-9H,4H2,1-3H3,(H,15,16)(H,17,20). The first kappa shape index (κ1) is 15.2. The monoisotopic (exact) mass is 306 g/mol. The highest BCUT2D eigenvalue weighted by molar-refractivity contribution is 7.17. The van der Waals surface area contributed by atoms with Crippen molar-refractivity contribution in [3.05, 3.63) is 39.8 Å². The van der Waals surface area contributed by atoms with Crippen LogP contribution in [-0.4, -0.2) is 21.5 Å². The van der Waals surface area contributed by atoms with Crippen LogP contribution in [0.3, 0.4) is 0 Å². The van der Waals surface area contributed by atoms with Gasteiger partial charge in [-0.25, -0.2) is 4.98 Å². The summed E-state index contributed by atoms with van der Waals surface area (Å²) in [6.45, 7) is 6.45. The van der Waals surface area contributed by atoms with Crippen molar-refractivity contribution in [1.29, 1.82) is 0 Å². The number of aromatic nitrogens is 2. The quantitative estimate of drug-likeness (QED) is 0.889. The summed E-state index contributed by atoms with van der Waals surface area (Å²) in [4.78, 5) is 28.3. The van der Waals surface area contributed by atoms with E-state index in [1.807, 2.05) is 20.8 Å². The predicted octanol–water partition coefficient (Wildman–Crippen LogP) is 2.40. The fraction of sp³-hybridized carbons (Fsp3) is 0.357. The van der Waals surface area contributed by atoms with Gasteiger partial charge in [-0.05, 0) is 26.8 Å². The molecule has 0 unspecified atom stereocenters. The molecule has 0 spiro atoms. The third kappa shape index (κ3) is 3.91. The smallest absolute Gasteiger partial charge is 0.267 e. The molecule has 7 heteroatoms. The molecular weight excluding hydrogens is 288 g/mol. The van der Waals surface area contributed by atoms with Crippen LogP contribution < -0.4 is 16.2 Å². The number of carbonyl (C=O) groups excluding carboxylic acids is 1. The summed E-state index contributed by atoms with van der Waals surface area (Å²) < 4.78 is 1.54. The summed E-state index contributed by atoms with van der Waals surface area (Å²) in [5.41, 5.74) is 0.505. The molecule has 0 aliphatic carbocycles. The minimum Gasteiger partial charge on any atom is -0.359 e. The molecule has 21 heavy (non-hydrogen) atoms. The lowest BCUT2D eigenvalue weighted by atomic mass is 10.4. The van der Waals surface area contributed by atoms with Crippen LogP contribution in [0.25, 0.3) is 0 Å². The van der Waals surface area contributed by atoms with Crippen LogP contribution in [0.2, 0.25) is 0 Å². The maximum absolute atomic E-state index is 12.1. The van der Waals surface area contributed by atoms with E-state index < -0.39 is 0 Å². The molecule has 6 nitrogen and oxygen atoms in total. The van der Waals surface area contributed by atoms with Crippen molar-refractivity contribution in [2.24, 2.45) is 0 Å². The first-order chi connectivity index (χ1) is 9.99. The summed E-state index contributed by atoms with van der Waals surface area (Å²) >= 11 is 1.30. The molecule has 0 saturated carbocycles. The lowest BCUT2D eigenvalue weighted by molar-refractivity contribution is 0.103. The highest BCUT2D eigenvalue weighted by Crippen LogP contribution is 2.20. The maximum atomic E-state index is 12.1. The number of carbonyl (C=O) groups is 1. The average Bonchev–Trinajstić information content (AvgIpc) is 2.88. The minimum absolute atomic E-state index is 0.0864. The van der Waals surface area contributed by atoms with Crippen LogP contribution in [0.1, 0.15) is 30.4 Å². The van der Waals surface area contributed by atoms with Gasteiger partial charge in [0.05, 0.1) is 11.9 Å². The molecule has 0 aromatic carbocycles. The number of rotatable bonds is 5. The van der Waals surface area contributed by atoms with Crippen molar-refractivity contribution in [2.45, 2.75) is 33.4 Å². The van der Waals surface area contributed by atoms with Crippen molar-refractivity contribution < 1.29 is 4.79 Å². The number of pyridine rings is 1. The fourth-order valence-electron chi connectivity index (χ4n) is 1.74. The van der Waals surface area contributed by atoms with Crippen molar-refractivity contribution >= 4 is 28.1 Å². The molecule has 2 aromatic heterocycles. The Balaban J connectivity index is 2.10. The third-order valence-corrected chi connectivity index (χ3v) is 3.65. The van der Waals surface area contributed by atoms with Gasteiger partial charge in [0, 0.05) is 24.8 Å². The molecule has 2 heterocycles. The Kier molecular flexibility index (Phi) is 4.74. The van der Waals surface area contributed by atoms with E-state index in [-0.39, 0.29) is 17.5 Å². The Morgan fingerprint density at radius 1 is 1.43 bits per heavy atom. The topological polar surface area (TPSA) is 76.0 Å². The Morgan fingerprint density at radius 2 is 2.19 bits per heavy atom. The first-order valence-corrected chi connectivity index (χ1v) is 7.55. The zero-order valence-electron chi connectivity index (χ0n) is 12.2. The Morgan fingerprint density at radius 3 is 2.86 bits per heavy atom. The zero-order chi connectivity index (χ0) is 15.4. The van der Waals surface area contributed by atoms with Crippen molar-refractivity contribution in [3.63, 3.8) is 0 Å². The molecule has 0 aliphatic heterocycles. The normalized spacial score (nSPS) is 10.7. The first-order valence-electron chi connectivity index (χ1n) is 6.73. The molecule has 0 saturated heterocycles. The molecule has 2 N–H and O–H groups in total. The molecule has 0 bridgehead atoms. The number of nitrogens with one attached hydrogen (secondary N) is 2. The Labute approximate surface area is 126 Å². The van der Waals surface area contributed by atoms with Gasteiger partial charge in [-0.2, -0.15) is 0 Å². The lowest BCUT2D eigenvalue weighted by Crippen LogP contribution is -2.19. The van der Waals surface area contributed by atoms with Crippen LogP contribution in [-0.2, 0) is 6.54 Å². The molecule has 0 atom stereocenters. The highest BCUT2D eigenvalue weighted by Gasteiger charge is 2.11. The van der Waals surface area contributed by atoms with Crippen LogP contribution in [0.15, 0.2) is 29.3 Å². The van der Waals surface area contributed by atoms with Crippen LogP contribution in [0, 0.1) is 0 Å². The third-order valence-electron chi connectivity index (χ3n) is 2.72. The van der Waals surface area contributed by atoms with E-state index >= 15 is 0 Å². The summed E-state index contributed by atoms with van der Waals surface area (Å²) in [5.74, 6) is -0.231. The maximum Gasteiger partial charge on any atom is 0.267 e. The van der Waals surface area contributed by atoms with E-state index in [4.69, 9.17) is 0 Å². The summed E-state index contributed by atoms with van der Waals surface area (Å²) in [7, 11) is 0.